The maximum atomic E-state index is 4.65. The molecule has 96 valence electrons. The van der Waals surface area contributed by atoms with Crippen LogP contribution in [0.5, 0.6) is 0 Å². The topological polar surface area (TPSA) is 41.1 Å². The molecule has 1 aromatic heterocycles. The van der Waals surface area contributed by atoms with Gasteiger partial charge in [-0.3, -0.25) is 0 Å². The first-order valence-electron chi connectivity index (χ1n) is 6.65. The summed E-state index contributed by atoms with van der Waals surface area (Å²) >= 11 is 1.56. The van der Waals surface area contributed by atoms with Crippen molar-refractivity contribution in [1.29, 1.82) is 0 Å². The number of hydrogen-bond acceptors (Lipinski definition) is 5. The van der Waals surface area contributed by atoms with Gasteiger partial charge in [0.25, 0.3) is 0 Å². The molecule has 0 spiro atoms. The molecule has 0 aromatic carbocycles. The third kappa shape index (κ3) is 3.16. The number of rotatable bonds is 6. The molecule has 1 aromatic rings. The Bertz CT molecular complexity index is 339. The van der Waals surface area contributed by atoms with Crippen LogP contribution in [0.25, 0.3) is 0 Å². The lowest BCUT2D eigenvalue weighted by molar-refractivity contribution is 0.586. The second-order valence-corrected chi connectivity index (χ2v) is 5.27. The van der Waals surface area contributed by atoms with Crippen LogP contribution in [0.15, 0.2) is 0 Å². The van der Waals surface area contributed by atoms with E-state index < -0.39 is 0 Å². The highest BCUT2D eigenvalue weighted by Gasteiger charge is 2.26. The summed E-state index contributed by atoms with van der Waals surface area (Å²) in [6.45, 7) is 7.58. The van der Waals surface area contributed by atoms with Crippen LogP contribution in [0, 0.1) is 0 Å². The van der Waals surface area contributed by atoms with Crippen LogP contribution in [0.1, 0.15) is 38.9 Å². The van der Waals surface area contributed by atoms with Crippen molar-refractivity contribution in [2.24, 2.45) is 0 Å². The fourth-order valence-electron chi connectivity index (χ4n) is 2.30. The van der Waals surface area contributed by atoms with E-state index in [4.69, 9.17) is 0 Å². The highest BCUT2D eigenvalue weighted by atomic mass is 32.1. The molecule has 1 atom stereocenters. The van der Waals surface area contributed by atoms with Gasteiger partial charge in [0.05, 0.1) is 0 Å². The number of likely N-dealkylation sites (N-methyl/N-ethyl adjacent to an activating group) is 1. The van der Waals surface area contributed by atoms with E-state index in [1.165, 1.54) is 12.8 Å². The quantitative estimate of drug-likeness (QED) is 0.844. The maximum Gasteiger partial charge on any atom is 0.205 e. The first kappa shape index (κ1) is 12.8. The first-order valence-corrected chi connectivity index (χ1v) is 7.42. The SMILES string of the molecule is CCCc1nsc(N2CCCC2CNCC)n1. The smallest absolute Gasteiger partial charge is 0.205 e. The Morgan fingerprint density at radius 3 is 3.12 bits per heavy atom. The zero-order chi connectivity index (χ0) is 12.1. The van der Waals surface area contributed by atoms with E-state index in [-0.39, 0.29) is 0 Å². The summed E-state index contributed by atoms with van der Waals surface area (Å²) < 4.78 is 4.43. The Morgan fingerprint density at radius 1 is 1.47 bits per heavy atom. The number of nitrogens with zero attached hydrogens (tertiary/aromatic N) is 3. The predicted molar refractivity (Wildman–Crippen MR) is 72.8 cm³/mol. The first-order chi connectivity index (χ1) is 8.35. The van der Waals surface area contributed by atoms with Gasteiger partial charge in [0, 0.05) is 37.1 Å². The molecule has 0 bridgehead atoms. The fraction of sp³-hybridized carbons (Fsp3) is 0.833. The van der Waals surface area contributed by atoms with Gasteiger partial charge in [-0.25, -0.2) is 4.98 Å². The third-order valence-electron chi connectivity index (χ3n) is 3.18. The van der Waals surface area contributed by atoms with E-state index in [2.05, 4.69) is 33.4 Å². The molecule has 1 saturated heterocycles. The minimum absolute atomic E-state index is 0.609. The average molecular weight is 254 g/mol. The molecule has 1 aliphatic heterocycles. The summed E-state index contributed by atoms with van der Waals surface area (Å²) in [6.07, 6.45) is 4.67. The van der Waals surface area contributed by atoms with E-state index >= 15 is 0 Å². The van der Waals surface area contributed by atoms with E-state index in [1.54, 1.807) is 11.5 Å². The zero-order valence-corrected chi connectivity index (χ0v) is 11.6. The van der Waals surface area contributed by atoms with Gasteiger partial charge in [0.15, 0.2) is 0 Å². The normalized spacial score (nSPS) is 20.1. The zero-order valence-electron chi connectivity index (χ0n) is 10.8. The molecule has 0 aliphatic carbocycles. The lowest BCUT2D eigenvalue weighted by Gasteiger charge is -2.23. The van der Waals surface area contributed by atoms with Crippen molar-refractivity contribution in [1.82, 2.24) is 14.7 Å². The molecule has 2 heterocycles. The minimum atomic E-state index is 0.609. The summed E-state index contributed by atoms with van der Waals surface area (Å²) in [5, 5.41) is 4.56. The largest absolute Gasteiger partial charge is 0.343 e. The minimum Gasteiger partial charge on any atom is -0.343 e. The number of aryl methyl sites for hydroxylation is 1. The summed E-state index contributed by atoms with van der Waals surface area (Å²) in [7, 11) is 0. The summed E-state index contributed by atoms with van der Waals surface area (Å²) in [5.41, 5.74) is 0. The number of aromatic nitrogens is 2. The van der Waals surface area contributed by atoms with Crippen LogP contribution in [-0.4, -0.2) is 35.0 Å². The highest BCUT2D eigenvalue weighted by Crippen LogP contribution is 2.26. The summed E-state index contributed by atoms with van der Waals surface area (Å²) in [6, 6.07) is 0.609. The van der Waals surface area contributed by atoms with E-state index in [1.807, 2.05) is 0 Å². The molecule has 2 rings (SSSR count). The predicted octanol–water partition coefficient (Wildman–Crippen LogP) is 2.07. The van der Waals surface area contributed by atoms with Crippen LogP contribution in [-0.2, 0) is 6.42 Å². The number of hydrogen-bond donors (Lipinski definition) is 1. The molecular formula is C12H22N4S. The van der Waals surface area contributed by atoms with Crippen LogP contribution in [0.2, 0.25) is 0 Å². The van der Waals surface area contributed by atoms with Gasteiger partial charge in [0.1, 0.15) is 5.82 Å². The van der Waals surface area contributed by atoms with Gasteiger partial charge in [-0.1, -0.05) is 13.8 Å². The third-order valence-corrected chi connectivity index (χ3v) is 3.97. The Hall–Kier alpha value is -0.680. The molecular weight excluding hydrogens is 232 g/mol. The molecule has 1 aliphatic rings. The molecule has 5 heteroatoms. The molecule has 0 amide bonds. The molecule has 4 nitrogen and oxygen atoms in total. The molecule has 17 heavy (non-hydrogen) atoms. The highest BCUT2D eigenvalue weighted by molar-refractivity contribution is 7.09. The Morgan fingerprint density at radius 2 is 2.35 bits per heavy atom. The van der Waals surface area contributed by atoms with Crippen molar-refractivity contribution >= 4 is 16.7 Å². The van der Waals surface area contributed by atoms with Crippen molar-refractivity contribution in [2.75, 3.05) is 24.5 Å². The van der Waals surface area contributed by atoms with E-state index in [0.29, 0.717) is 6.04 Å². The lowest BCUT2D eigenvalue weighted by Crippen LogP contribution is -2.37. The van der Waals surface area contributed by atoms with E-state index in [9.17, 15) is 0 Å². The Kier molecular flexibility index (Phi) is 4.74. The van der Waals surface area contributed by atoms with Crippen LogP contribution < -0.4 is 10.2 Å². The second kappa shape index (κ2) is 6.31. The van der Waals surface area contributed by atoms with Crippen LogP contribution in [0.3, 0.4) is 0 Å². The van der Waals surface area contributed by atoms with Gasteiger partial charge >= 0.3 is 0 Å². The van der Waals surface area contributed by atoms with Gasteiger partial charge < -0.3 is 10.2 Å². The maximum absolute atomic E-state index is 4.65. The average Bonchev–Trinajstić information content (AvgIpc) is 2.94. The molecule has 0 saturated carbocycles. The number of nitrogens with one attached hydrogen (secondary N) is 1. The van der Waals surface area contributed by atoms with Crippen LogP contribution in [0.4, 0.5) is 5.13 Å². The molecule has 1 unspecified atom stereocenters. The number of anilines is 1. The molecule has 0 radical (unpaired) electrons. The van der Waals surface area contributed by atoms with Gasteiger partial charge in [-0.2, -0.15) is 4.37 Å². The van der Waals surface area contributed by atoms with Crippen molar-refractivity contribution in [3.05, 3.63) is 5.82 Å². The molecule has 1 N–H and O–H groups in total. The van der Waals surface area contributed by atoms with Gasteiger partial charge in [0.2, 0.25) is 5.13 Å². The van der Waals surface area contributed by atoms with Crippen LogP contribution >= 0.6 is 11.5 Å². The van der Waals surface area contributed by atoms with Crippen molar-refractivity contribution < 1.29 is 0 Å². The Labute approximate surface area is 108 Å². The lowest BCUT2D eigenvalue weighted by atomic mass is 10.2. The Balaban J connectivity index is 1.98. The van der Waals surface area contributed by atoms with Gasteiger partial charge in [-0.15, -0.1) is 0 Å². The fourth-order valence-corrected chi connectivity index (χ4v) is 3.11. The van der Waals surface area contributed by atoms with Gasteiger partial charge in [-0.05, 0) is 25.8 Å². The summed E-state index contributed by atoms with van der Waals surface area (Å²) in [5.74, 6) is 1.02. The molecule has 1 fully saturated rings. The van der Waals surface area contributed by atoms with Crippen molar-refractivity contribution in [3.8, 4) is 0 Å². The van der Waals surface area contributed by atoms with Crippen molar-refractivity contribution in [2.45, 2.75) is 45.6 Å². The summed E-state index contributed by atoms with van der Waals surface area (Å²) in [4.78, 5) is 7.08. The second-order valence-electron chi connectivity index (χ2n) is 4.54. The monoisotopic (exact) mass is 254 g/mol. The van der Waals surface area contributed by atoms with E-state index in [0.717, 1.165) is 43.4 Å². The standard InChI is InChI=1S/C12H22N4S/c1-3-6-11-14-12(17-15-11)16-8-5-7-10(16)9-13-4-2/h10,13H,3-9H2,1-2H3. The van der Waals surface area contributed by atoms with Crippen molar-refractivity contribution in [3.63, 3.8) is 0 Å².